The minimum Gasteiger partial charge on any atom is -0.481 e. The second-order valence-corrected chi connectivity index (χ2v) is 3.28. The molecule has 1 rings (SSSR count). The van der Waals surface area contributed by atoms with E-state index >= 15 is 0 Å². The van der Waals surface area contributed by atoms with Gasteiger partial charge in [-0.3, -0.25) is 15.0 Å². The van der Waals surface area contributed by atoms with Crippen LogP contribution in [-0.4, -0.2) is 23.5 Å². The Labute approximate surface area is 93.4 Å². The third-order valence-corrected chi connectivity index (χ3v) is 1.90. The lowest BCUT2D eigenvalue weighted by Crippen LogP contribution is -2.39. The van der Waals surface area contributed by atoms with Crippen molar-refractivity contribution in [2.24, 2.45) is 0 Å². The maximum Gasteiger partial charge on any atom is 0.304 e. The minimum atomic E-state index is -0.898. The summed E-state index contributed by atoms with van der Waals surface area (Å²) >= 11 is 0. The molecule has 0 aliphatic heterocycles. The van der Waals surface area contributed by atoms with Crippen LogP contribution in [0.15, 0.2) is 30.3 Å². The third-order valence-electron chi connectivity index (χ3n) is 1.90. The van der Waals surface area contributed by atoms with E-state index in [-0.39, 0.29) is 25.3 Å². The van der Waals surface area contributed by atoms with Gasteiger partial charge in [-0.2, -0.15) is 0 Å². The lowest BCUT2D eigenvalue weighted by Gasteiger charge is -2.05. The number of aliphatic carboxylic acids is 1. The molecule has 5 nitrogen and oxygen atoms in total. The number of hydrazine groups is 1. The molecule has 0 radical (unpaired) electrons. The van der Waals surface area contributed by atoms with E-state index in [0.717, 1.165) is 5.56 Å². The molecule has 1 aromatic rings. The topological polar surface area (TPSA) is 78.4 Å². The lowest BCUT2D eigenvalue weighted by atomic mass is 10.1. The Hall–Kier alpha value is -1.88. The molecular formula is C11H14N2O3. The molecule has 1 amide bonds. The van der Waals surface area contributed by atoms with Gasteiger partial charge < -0.3 is 5.11 Å². The van der Waals surface area contributed by atoms with Gasteiger partial charge >= 0.3 is 5.97 Å². The molecule has 0 bridgehead atoms. The highest BCUT2D eigenvalue weighted by molar-refractivity contribution is 5.78. The van der Waals surface area contributed by atoms with E-state index in [1.807, 2.05) is 30.3 Å². The average Bonchev–Trinajstić information content (AvgIpc) is 2.25. The molecule has 0 heterocycles. The summed E-state index contributed by atoms with van der Waals surface area (Å²) in [5.41, 5.74) is 5.91. The summed E-state index contributed by atoms with van der Waals surface area (Å²) in [4.78, 5) is 21.5. The second-order valence-electron chi connectivity index (χ2n) is 3.28. The molecule has 16 heavy (non-hydrogen) atoms. The number of carboxylic acid groups (broad SMARTS) is 1. The van der Waals surface area contributed by atoms with Crippen molar-refractivity contribution in [3.8, 4) is 0 Å². The molecule has 86 valence electrons. The van der Waals surface area contributed by atoms with E-state index in [2.05, 4.69) is 10.9 Å². The Morgan fingerprint density at radius 2 is 1.88 bits per heavy atom. The van der Waals surface area contributed by atoms with Gasteiger partial charge in [0.2, 0.25) is 5.91 Å². The number of carboxylic acids is 1. The van der Waals surface area contributed by atoms with Crippen LogP contribution in [0.5, 0.6) is 0 Å². The van der Waals surface area contributed by atoms with Crippen molar-refractivity contribution in [1.29, 1.82) is 0 Å². The Bertz CT molecular complexity index is 352. The SMILES string of the molecule is O=C(O)CCNNC(=O)Cc1ccccc1. The first-order valence-corrected chi connectivity index (χ1v) is 4.96. The number of nitrogens with one attached hydrogen (secondary N) is 2. The zero-order valence-electron chi connectivity index (χ0n) is 8.77. The number of rotatable bonds is 6. The van der Waals surface area contributed by atoms with Gasteiger partial charge in [0.25, 0.3) is 0 Å². The van der Waals surface area contributed by atoms with Gasteiger partial charge in [0.05, 0.1) is 12.8 Å². The van der Waals surface area contributed by atoms with Crippen molar-refractivity contribution in [2.75, 3.05) is 6.54 Å². The number of carbonyl (C=O) groups excluding carboxylic acids is 1. The van der Waals surface area contributed by atoms with Crippen LogP contribution in [0.2, 0.25) is 0 Å². The number of hydrogen-bond acceptors (Lipinski definition) is 3. The zero-order valence-corrected chi connectivity index (χ0v) is 8.77. The van der Waals surface area contributed by atoms with Crippen molar-refractivity contribution in [3.05, 3.63) is 35.9 Å². The van der Waals surface area contributed by atoms with Crippen LogP contribution in [0.4, 0.5) is 0 Å². The Balaban J connectivity index is 2.19. The maximum absolute atomic E-state index is 11.3. The van der Waals surface area contributed by atoms with Crippen LogP contribution in [-0.2, 0) is 16.0 Å². The molecule has 0 fully saturated rings. The fourth-order valence-corrected chi connectivity index (χ4v) is 1.16. The van der Waals surface area contributed by atoms with Crippen LogP contribution >= 0.6 is 0 Å². The highest BCUT2D eigenvalue weighted by Crippen LogP contribution is 1.98. The van der Waals surface area contributed by atoms with Crippen molar-refractivity contribution in [3.63, 3.8) is 0 Å². The zero-order chi connectivity index (χ0) is 11.8. The molecule has 1 aromatic carbocycles. The summed E-state index contributed by atoms with van der Waals surface area (Å²) in [6.45, 7) is 0.218. The number of amides is 1. The molecule has 0 aliphatic carbocycles. The fraction of sp³-hybridized carbons (Fsp3) is 0.273. The molecule has 0 unspecified atom stereocenters. The van der Waals surface area contributed by atoms with Gasteiger partial charge in [0.15, 0.2) is 0 Å². The van der Waals surface area contributed by atoms with Gasteiger partial charge in [-0.25, -0.2) is 5.43 Å². The first-order chi connectivity index (χ1) is 7.68. The molecule has 0 aliphatic rings. The first kappa shape index (κ1) is 12.2. The predicted octanol–water partition coefficient (Wildman–Crippen LogP) is 0.325. The molecule has 0 saturated heterocycles. The minimum absolute atomic E-state index is 0.0222. The van der Waals surface area contributed by atoms with Gasteiger partial charge in [0.1, 0.15) is 0 Å². The summed E-state index contributed by atoms with van der Waals surface area (Å²) < 4.78 is 0. The van der Waals surface area contributed by atoms with Crippen molar-refractivity contribution < 1.29 is 14.7 Å². The normalized spacial score (nSPS) is 9.75. The molecule has 0 spiro atoms. The molecule has 5 heteroatoms. The molecule has 0 aromatic heterocycles. The summed E-state index contributed by atoms with van der Waals surface area (Å²) in [5.74, 6) is -1.08. The Morgan fingerprint density at radius 3 is 2.50 bits per heavy atom. The second kappa shape index (κ2) is 6.58. The van der Waals surface area contributed by atoms with Gasteiger partial charge in [-0.15, -0.1) is 0 Å². The van der Waals surface area contributed by atoms with Gasteiger partial charge in [-0.05, 0) is 5.56 Å². The number of benzene rings is 1. The van der Waals surface area contributed by atoms with Crippen LogP contribution in [0.3, 0.4) is 0 Å². The first-order valence-electron chi connectivity index (χ1n) is 4.96. The van der Waals surface area contributed by atoms with Crippen LogP contribution < -0.4 is 10.9 Å². The standard InChI is InChI=1S/C11H14N2O3/c14-10(13-12-7-6-11(15)16)8-9-4-2-1-3-5-9/h1-5,12H,6-8H2,(H,13,14)(H,15,16). The third kappa shape index (κ3) is 5.11. The molecule has 3 N–H and O–H groups in total. The summed E-state index contributed by atoms with van der Waals surface area (Å²) in [6, 6.07) is 9.32. The molecule has 0 atom stereocenters. The van der Waals surface area contributed by atoms with Crippen molar-refractivity contribution in [1.82, 2.24) is 10.9 Å². The van der Waals surface area contributed by atoms with E-state index < -0.39 is 5.97 Å². The maximum atomic E-state index is 11.3. The quantitative estimate of drug-likeness (QED) is 0.478. The Kier molecular flexibility index (Phi) is 5.01. The monoisotopic (exact) mass is 222 g/mol. The largest absolute Gasteiger partial charge is 0.481 e. The number of carbonyl (C=O) groups is 2. The Morgan fingerprint density at radius 1 is 1.19 bits per heavy atom. The van der Waals surface area contributed by atoms with E-state index in [9.17, 15) is 9.59 Å². The summed E-state index contributed by atoms with van der Waals surface area (Å²) in [7, 11) is 0. The smallest absolute Gasteiger partial charge is 0.304 e. The average molecular weight is 222 g/mol. The highest BCUT2D eigenvalue weighted by Gasteiger charge is 2.02. The van der Waals surface area contributed by atoms with Crippen LogP contribution in [0.1, 0.15) is 12.0 Å². The van der Waals surface area contributed by atoms with Crippen molar-refractivity contribution in [2.45, 2.75) is 12.8 Å². The lowest BCUT2D eigenvalue weighted by molar-refractivity contribution is -0.137. The van der Waals surface area contributed by atoms with E-state index in [1.54, 1.807) is 0 Å². The molecular weight excluding hydrogens is 208 g/mol. The molecule has 0 saturated carbocycles. The van der Waals surface area contributed by atoms with Gasteiger partial charge in [0, 0.05) is 6.54 Å². The summed E-state index contributed by atoms with van der Waals surface area (Å²) in [5, 5.41) is 8.36. The van der Waals surface area contributed by atoms with Crippen LogP contribution in [0, 0.1) is 0 Å². The van der Waals surface area contributed by atoms with E-state index in [0.29, 0.717) is 0 Å². The highest BCUT2D eigenvalue weighted by atomic mass is 16.4. The van der Waals surface area contributed by atoms with E-state index in [1.165, 1.54) is 0 Å². The van der Waals surface area contributed by atoms with E-state index in [4.69, 9.17) is 5.11 Å². The van der Waals surface area contributed by atoms with Crippen molar-refractivity contribution >= 4 is 11.9 Å². The fourth-order valence-electron chi connectivity index (χ4n) is 1.16. The predicted molar refractivity (Wildman–Crippen MR) is 58.5 cm³/mol. The van der Waals surface area contributed by atoms with Crippen LogP contribution in [0.25, 0.3) is 0 Å². The summed E-state index contributed by atoms with van der Waals surface area (Å²) in [6.07, 6.45) is 0.256. The van der Waals surface area contributed by atoms with Gasteiger partial charge in [-0.1, -0.05) is 30.3 Å². The number of hydrogen-bond donors (Lipinski definition) is 3.